The van der Waals surface area contributed by atoms with Crippen LogP contribution in [0.15, 0.2) is 36.4 Å². The number of anilines is 1. The third-order valence-corrected chi connectivity index (χ3v) is 5.85. The second kappa shape index (κ2) is 3.49. The Morgan fingerprint density at radius 3 is 2.73 bits per heavy atom. The summed E-state index contributed by atoms with van der Waals surface area (Å²) < 4.78 is 2.75. The Kier molecular flexibility index (Phi) is 2.13. The van der Waals surface area contributed by atoms with Gasteiger partial charge in [-0.25, -0.2) is 0 Å². The summed E-state index contributed by atoms with van der Waals surface area (Å²) >= 11 is 2.00. The van der Waals surface area contributed by atoms with Gasteiger partial charge in [-0.1, -0.05) is 0 Å². The SMILES string of the molecule is Nc1nc2cc(-c3ccccc3)[se]c2s1. The molecular weight excluding hydrogens is 271 g/mol. The van der Waals surface area contributed by atoms with E-state index in [1.54, 1.807) is 11.3 Å². The number of fused-ring (bicyclic) bond motifs is 1. The van der Waals surface area contributed by atoms with Crippen LogP contribution >= 0.6 is 11.3 Å². The van der Waals surface area contributed by atoms with Crippen molar-refractivity contribution in [3.63, 3.8) is 0 Å². The summed E-state index contributed by atoms with van der Waals surface area (Å²) in [5.74, 6) is 0. The van der Waals surface area contributed by atoms with Crippen LogP contribution in [0.5, 0.6) is 0 Å². The molecule has 2 aromatic heterocycles. The molecule has 0 spiro atoms. The molecule has 0 atom stereocenters. The average molecular weight is 279 g/mol. The van der Waals surface area contributed by atoms with Crippen LogP contribution in [-0.4, -0.2) is 19.5 Å². The number of benzene rings is 1. The van der Waals surface area contributed by atoms with Crippen LogP contribution in [-0.2, 0) is 0 Å². The standard InChI is InChI=1S/C11H8N2SSe/c12-11-13-8-6-9(15-10(8)14-11)7-4-2-1-3-5-7/h1-6H,(H2,12,13). The Hall–Kier alpha value is -1.09. The van der Waals surface area contributed by atoms with Crippen LogP contribution in [0.1, 0.15) is 0 Å². The molecular formula is C11H8N2SSe. The van der Waals surface area contributed by atoms with E-state index in [9.17, 15) is 0 Å². The van der Waals surface area contributed by atoms with Gasteiger partial charge in [0.2, 0.25) is 0 Å². The molecule has 0 aliphatic heterocycles. The summed E-state index contributed by atoms with van der Waals surface area (Å²) in [5.41, 5.74) is 8.05. The fourth-order valence-electron chi connectivity index (χ4n) is 1.50. The van der Waals surface area contributed by atoms with E-state index in [0.29, 0.717) is 19.6 Å². The molecule has 74 valence electrons. The first-order chi connectivity index (χ1) is 7.33. The number of hydrogen-bond acceptors (Lipinski definition) is 3. The van der Waals surface area contributed by atoms with Crippen LogP contribution in [0.4, 0.5) is 5.13 Å². The van der Waals surface area contributed by atoms with Gasteiger partial charge in [-0.2, -0.15) is 0 Å². The zero-order chi connectivity index (χ0) is 10.3. The van der Waals surface area contributed by atoms with E-state index in [0.717, 1.165) is 5.52 Å². The first-order valence-electron chi connectivity index (χ1n) is 4.54. The second-order valence-electron chi connectivity index (χ2n) is 3.20. The van der Waals surface area contributed by atoms with Gasteiger partial charge in [0.05, 0.1) is 0 Å². The van der Waals surface area contributed by atoms with E-state index < -0.39 is 0 Å². The van der Waals surface area contributed by atoms with Crippen molar-refractivity contribution in [3.05, 3.63) is 36.4 Å². The van der Waals surface area contributed by atoms with Gasteiger partial charge in [0.15, 0.2) is 0 Å². The number of thiazole rings is 1. The van der Waals surface area contributed by atoms with Crippen molar-refractivity contribution >= 4 is 40.1 Å². The predicted octanol–water partition coefficient (Wildman–Crippen LogP) is 2.60. The van der Waals surface area contributed by atoms with Crippen LogP contribution in [0.2, 0.25) is 0 Å². The van der Waals surface area contributed by atoms with Gasteiger partial charge in [-0.15, -0.1) is 0 Å². The van der Waals surface area contributed by atoms with E-state index in [4.69, 9.17) is 5.73 Å². The van der Waals surface area contributed by atoms with Crippen LogP contribution in [0, 0.1) is 0 Å². The van der Waals surface area contributed by atoms with Crippen LogP contribution < -0.4 is 5.73 Å². The molecule has 0 saturated carbocycles. The summed E-state index contributed by atoms with van der Waals surface area (Å²) in [4.78, 5) is 4.30. The molecule has 0 aliphatic rings. The molecule has 2 nitrogen and oxygen atoms in total. The molecule has 0 aliphatic carbocycles. The summed E-state index contributed by atoms with van der Waals surface area (Å²) in [7, 11) is 0. The molecule has 1 aromatic carbocycles. The minimum atomic E-state index is 0.381. The molecule has 0 radical (unpaired) electrons. The molecule has 0 amide bonds. The Morgan fingerprint density at radius 2 is 2.00 bits per heavy atom. The summed E-state index contributed by atoms with van der Waals surface area (Å²) in [6, 6.07) is 12.6. The van der Waals surface area contributed by atoms with Crippen molar-refractivity contribution in [2.45, 2.75) is 0 Å². The van der Waals surface area contributed by atoms with Crippen molar-refractivity contribution in [1.82, 2.24) is 4.98 Å². The van der Waals surface area contributed by atoms with E-state index in [2.05, 4.69) is 35.3 Å². The normalized spacial score (nSPS) is 10.9. The molecule has 3 rings (SSSR count). The van der Waals surface area contributed by atoms with Crippen molar-refractivity contribution in [2.24, 2.45) is 0 Å². The summed E-state index contributed by atoms with van der Waals surface area (Å²) in [6.45, 7) is 0. The van der Waals surface area contributed by atoms with Crippen molar-refractivity contribution in [2.75, 3.05) is 5.73 Å². The third kappa shape index (κ3) is 1.61. The summed E-state index contributed by atoms with van der Waals surface area (Å²) in [6.07, 6.45) is 0. The molecule has 4 heteroatoms. The molecule has 0 fully saturated rings. The Bertz CT molecular complexity index is 566. The van der Waals surface area contributed by atoms with Gasteiger partial charge in [0.25, 0.3) is 0 Å². The Balaban J connectivity index is 2.16. The fraction of sp³-hybridized carbons (Fsp3) is 0. The number of rotatable bonds is 1. The molecule has 0 unspecified atom stereocenters. The molecule has 3 aromatic rings. The molecule has 15 heavy (non-hydrogen) atoms. The average Bonchev–Trinajstić information content (AvgIpc) is 2.76. The second-order valence-corrected chi connectivity index (χ2v) is 7.02. The monoisotopic (exact) mass is 280 g/mol. The zero-order valence-corrected chi connectivity index (χ0v) is 10.3. The first kappa shape index (κ1) is 9.16. The van der Waals surface area contributed by atoms with Crippen molar-refractivity contribution in [1.29, 1.82) is 0 Å². The third-order valence-electron chi connectivity index (χ3n) is 2.17. The van der Waals surface area contributed by atoms with Gasteiger partial charge in [-0.3, -0.25) is 0 Å². The van der Waals surface area contributed by atoms with Gasteiger partial charge in [0, 0.05) is 0 Å². The maximum absolute atomic E-state index is 5.66. The maximum atomic E-state index is 5.66. The molecule has 2 N–H and O–H groups in total. The number of nitrogens with two attached hydrogens (primary N) is 1. The Labute approximate surface area is 97.1 Å². The fourth-order valence-corrected chi connectivity index (χ4v) is 5.10. The number of aromatic nitrogens is 1. The minimum absolute atomic E-state index is 0.381. The van der Waals surface area contributed by atoms with Gasteiger partial charge in [-0.05, 0) is 0 Å². The van der Waals surface area contributed by atoms with E-state index in [-0.39, 0.29) is 0 Å². The number of nitrogens with zero attached hydrogens (tertiary/aromatic N) is 1. The van der Waals surface area contributed by atoms with E-state index >= 15 is 0 Å². The van der Waals surface area contributed by atoms with Gasteiger partial charge >= 0.3 is 97.2 Å². The van der Waals surface area contributed by atoms with Crippen molar-refractivity contribution in [3.8, 4) is 10.0 Å². The first-order valence-corrected chi connectivity index (χ1v) is 7.07. The van der Waals surface area contributed by atoms with Crippen LogP contribution in [0.3, 0.4) is 0 Å². The molecule has 0 bridgehead atoms. The Morgan fingerprint density at radius 1 is 1.20 bits per heavy atom. The zero-order valence-electron chi connectivity index (χ0n) is 7.81. The van der Waals surface area contributed by atoms with Gasteiger partial charge < -0.3 is 0 Å². The number of hydrogen-bond donors (Lipinski definition) is 1. The quantitative estimate of drug-likeness (QED) is 0.695. The number of nitrogen functional groups attached to an aromatic ring is 1. The van der Waals surface area contributed by atoms with E-state index in [1.165, 1.54) is 13.6 Å². The predicted molar refractivity (Wildman–Crippen MR) is 66.4 cm³/mol. The summed E-state index contributed by atoms with van der Waals surface area (Å²) in [5, 5.41) is 0.685. The topological polar surface area (TPSA) is 38.9 Å². The van der Waals surface area contributed by atoms with Gasteiger partial charge in [0.1, 0.15) is 0 Å². The van der Waals surface area contributed by atoms with Crippen molar-refractivity contribution < 1.29 is 0 Å². The molecule has 0 saturated heterocycles. The molecule has 2 heterocycles. The van der Waals surface area contributed by atoms with E-state index in [1.807, 2.05) is 6.07 Å². The van der Waals surface area contributed by atoms with Crippen LogP contribution in [0.25, 0.3) is 19.1 Å².